The van der Waals surface area contributed by atoms with Crippen molar-refractivity contribution in [3.05, 3.63) is 89.0 Å². The van der Waals surface area contributed by atoms with Crippen molar-refractivity contribution in [2.45, 2.75) is 26.2 Å². The summed E-state index contributed by atoms with van der Waals surface area (Å²) in [7, 11) is 2.05. The summed E-state index contributed by atoms with van der Waals surface area (Å²) in [6.45, 7) is 5.10. The highest BCUT2D eigenvalue weighted by molar-refractivity contribution is 5.76. The Hall–Kier alpha value is -4.21. The summed E-state index contributed by atoms with van der Waals surface area (Å²) >= 11 is 0. The first kappa shape index (κ1) is 22.3. The minimum absolute atomic E-state index is 0.0454. The van der Waals surface area contributed by atoms with Crippen LogP contribution in [0.2, 0.25) is 0 Å². The molecule has 0 bridgehead atoms. The van der Waals surface area contributed by atoms with Crippen LogP contribution in [0.1, 0.15) is 34.8 Å². The first-order valence-electron chi connectivity index (χ1n) is 11.7. The van der Waals surface area contributed by atoms with Crippen molar-refractivity contribution in [2.24, 2.45) is 7.05 Å². The molecule has 0 N–H and O–H groups in total. The van der Waals surface area contributed by atoms with E-state index >= 15 is 0 Å². The van der Waals surface area contributed by atoms with Crippen molar-refractivity contribution < 1.29 is 8.78 Å². The summed E-state index contributed by atoms with van der Waals surface area (Å²) in [6.07, 6.45) is -0.0454. The third kappa shape index (κ3) is 3.78. The molecule has 10 heteroatoms. The van der Waals surface area contributed by atoms with E-state index in [4.69, 9.17) is 4.98 Å². The highest BCUT2D eigenvalue weighted by atomic mass is 19.1. The number of nitrogens with zero attached hydrogens (tertiary/aromatic N) is 8. The number of benzene rings is 2. The molecule has 36 heavy (non-hydrogen) atoms. The minimum Gasteiger partial charge on any atom is -0.355 e. The van der Waals surface area contributed by atoms with Crippen LogP contribution in [0.4, 0.5) is 14.6 Å². The number of hydrogen-bond acceptors (Lipinski definition) is 6. The van der Waals surface area contributed by atoms with Crippen LogP contribution in [0, 0.1) is 25.5 Å². The molecule has 1 aliphatic heterocycles. The quantitative estimate of drug-likeness (QED) is 0.373. The van der Waals surface area contributed by atoms with Gasteiger partial charge in [0.1, 0.15) is 40.7 Å². The maximum atomic E-state index is 14.3. The number of hydrogen-bond donors (Lipinski definition) is 0. The van der Waals surface area contributed by atoms with Gasteiger partial charge in [-0.15, -0.1) is 5.10 Å². The van der Waals surface area contributed by atoms with Gasteiger partial charge in [-0.1, -0.05) is 18.2 Å². The molecule has 3 aromatic heterocycles. The smallest absolute Gasteiger partial charge is 0.161 e. The first-order chi connectivity index (χ1) is 17.4. The van der Waals surface area contributed by atoms with E-state index in [1.807, 2.05) is 38.2 Å². The fraction of sp³-hybridized carbons (Fsp3) is 0.269. The van der Waals surface area contributed by atoms with Crippen molar-refractivity contribution in [1.29, 1.82) is 0 Å². The van der Waals surface area contributed by atoms with Crippen molar-refractivity contribution in [3.8, 4) is 5.82 Å². The molecule has 6 rings (SSSR count). The lowest BCUT2D eigenvalue weighted by atomic mass is 9.99. The lowest BCUT2D eigenvalue weighted by Crippen LogP contribution is -2.46. The summed E-state index contributed by atoms with van der Waals surface area (Å²) in [5.74, 6) is 2.86. The molecule has 0 atom stereocenters. The monoisotopic (exact) mass is 486 g/mol. The number of aryl methyl sites for hydroxylation is 3. The molecule has 1 aliphatic rings. The topological polar surface area (TPSA) is 77.5 Å². The molecule has 182 valence electrons. The Morgan fingerprint density at radius 3 is 2.33 bits per heavy atom. The van der Waals surface area contributed by atoms with Crippen LogP contribution in [0.5, 0.6) is 0 Å². The molecule has 2 aromatic carbocycles. The number of para-hydroxylation sites is 2. The second-order valence-corrected chi connectivity index (χ2v) is 9.12. The van der Waals surface area contributed by atoms with Gasteiger partial charge in [0.05, 0.1) is 17.0 Å². The summed E-state index contributed by atoms with van der Waals surface area (Å²) < 4.78 is 32.3. The molecular weight excluding hydrogens is 462 g/mol. The van der Waals surface area contributed by atoms with Crippen molar-refractivity contribution in [3.63, 3.8) is 0 Å². The molecule has 1 fully saturated rings. The highest BCUT2D eigenvalue weighted by Crippen LogP contribution is 2.32. The fourth-order valence-electron chi connectivity index (χ4n) is 4.78. The van der Waals surface area contributed by atoms with Gasteiger partial charge in [0, 0.05) is 38.2 Å². The zero-order chi connectivity index (χ0) is 25.0. The van der Waals surface area contributed by atoms with E-state index in [9.17, 15) is 8.78 Å². The maximum Gasteiger partial charge on any atom is 0.161 e. The normalized spacial score (nSPS) is 14.0. The number of fused-ring (bicyclic) bond motifs is 1. The first-order valence-corrected chi connectivity index (χ1v) is 11.7. The number of imidazole rings is 1. The standard InChI is InChI=1S/C26H24F2N8/c1-15-29-23(35-13-17(14-35)26-32-21-9-4-5-10-22(21)34(26)3)12-25(30-15)36-24(31-16(2)33-36)11-18-19(27)7-6-8-20(18)28/h4-10,12,17H,11,13-14H2,1-3H3. The van der Waals surface area contributed by atoms with Crippen LogP contribution >= 0.6 is 0 Å². The molecule has 0 amide bonds. The number of rotatable bonds is 5. The van der Waals surface area contributed by atoms with E-state index in [2.05, 4.69) is 35.6 Å². The van der Waals surface area contributed by atoms with Crippen LogP contribution in [0.15, 0.2) is 48.5 Å². The Bertz CT molecular complexity index is 1580. The Morgan fingerprint density at radius 2 is 1.58 bits per heavy atom. The number of halogens is 2. The highest BCUT2D eigenvalue weighted by Gasteiger charge is 2.33. The van der Waals surface area contributed by atoms with Gasteiger partial charge in [0.2, 0.25) is 0 Å². The van der Waals surface area contributed by atoms with Crippen LogP contribution in [0.3, 0.4) is 0 Å². The van der Waals surface area contributed by atoms with Crippen molar-refractivity contribution >= 4 is 16.9 Å². The zero-order valence-electron chi connectivity index (χ0n) is 20.2. The summed E-state index contributed by atoms with van der Waals surface area (Å²) in [6, 6.07) is 13.8. The lowest BCUT2D eigenvalue weighted by molar-refractivity contribution is 0.485. The lowest BCUT2D eigenvalue weighted by Gasteiger charge is -2.39. The molecule has 0 saturated carbocycles. The molecule has 4 heterocycles. The molecule has 0 spiro atoms. The second-order valence-electron chi connectivity index (χ2n) is 9.12. The van der Waals surface area contributed by atoms with Crippen LogP contribution in [-0.2, 0) is 13.5 Å². The van der Waals surface area contributed by atoms with Gasteiger partial charge in [-0.3, -0.25) is 0 Å². The van der Waals surface area contributed by atoms with Gasteiger partial charge in [-0.2, -0.15) is 4.68 Å². The van der Waals surface area contributed by atoms with E-state index in [0.717, 1.165) is 35.8 Å². The molecular formula is C26H24F2N8. The Morgan fingerprint density at radius 1 is 0.861 bits per heavy atom. The fourth-order valence-corrected chi connectivity index (χ4v) is 4.78. The third-order valence-corrected chi connectivity index (χ3v) is 6.60. The average Bonchev–Trinajstić information content (AvgIpc) is 3.35. The molecule has 0 unspecified atom stereocenters. The number of anilines is 1. The second kappa shape index (κ2) is 8.47. The van der Waals surface area contributed by atoms with Crippen LogP contribution in [0.25, 0.3) is 16.9 Å². The van der Waals surface area contributed by atoms with E-state index in [-0.39, 0.29) is 17.9 Å². The van der Waals surface area contributed by atoms with Gasteiger partial charge in [-0.05, 0) is 38.1 Å². The SMILES string of the molecule is Cc1nc(N2CC(c3nc4ccccc4n3C)C2)cc(-n2nc(C)nc2Cc2c(F)cccc2F)n1. The minimum atomic E-state index is -0.615. The molecule has 0 aliphatic carbocycles. The van der Waals surface area contributed by atoms with Crippen LogP contribution < -0.4 is 4.90 Å². The van der Waals surface area contributed by atoms with E-state index in [0.29, 0.717) is 23.3 Å². The van der Waals surface area contributed by atoms with Gasteiger partial charge in [-0.25, -0.2) is 28.7 Å². The molecule has 1 saturated heterocycles. The average molecular weight is 487 g/mol. The van der Waals surface area contributed by atoms with Gasteiger partial charge in [0.25, 0.3) is 0 Å². The van der Waals surface area contributed by atoms with Gasteiger partial charge < -0.3 is 9.47 Å². The number of aromatic nitrogens is 7. The van der Waals surface area contributed by atoms with Crippen LogP contribution in [-0.4, -0.2) is 47.4 Å². The predicted octanol–water partition coefficient (Wildman–Crippen LogP) is 4.03. The Labute approximate surface area is 206 Å². The zero-order valence-corrected chi connectivity index (χ0v) is 20.2. The van der Waals surface area contributed by atoms with Crippen molar-refractivity contribution in [1.82, 2.24) is 34.3 Å². The van der Waals surface area contributed by atoms with E-state index in [1.165, 1.54) is 18.2 Å². The maximum absolute atomic E-state index is 14.3. The summed E-state index contributed by atoms with van der Waals surface area (Å²) in [5.41, 5.74) is 2.06. The van der Waals surface area contributed by atoms with E-state index in [1.54, 1.807) is 11.6 Å². The predicted molar refractivity (Wildman–Crippen MR) is 131 cm³/mol. The molecule has 8 nitrogen and oxygen atoms in total. The largest absolute Gasteiger partial charge is 0.355 e. The Kier molecular flexibility index (Phi) is 5.24. The summed E-state index contributed by atoms with van der Waals surface area (Å²) in [5, 5.41) is 4.46. The summed E-state index contributed by atoms with van der Waals surface area (Å²) in [4.78, 5) is 20.6. The third-order valence-electron chi connectivity index (χ3n) is 6.60. The van der Waals surface area contributed by atoms with Gasteiger partial charge in [0.15, 0.2) is 5.82 Å². The van der Waals surface area contributed by atoms with E-state index < -0.39 is 11.6 Å². The molecule has 0 radical (unpaired) electrons. The van der Waals surface area contributed by atoms with Crippen molar-refractivity contribution in [2.75, 3.05) is 18.0 Å². The van der Waals surface area contributed by atoms with Gasteiger partial charge >= 0.3 is 0 Å². The molecule has 5 aromatic rings. The Balaban J connectivity index is 1.28.